The Morgan fingerprint density at radius 3 is 2.63 bits per heavy atom. The Bertz CT molecular complexity index is 695. The van der Waals surface area contributed by atoms with Crippen LogP contribution in [0.15, 0.2) is 33.4 Å². The maximum absolute atomic E-state index is 12.3. The molecule has 2 rings (SSSR count). The summed E-state index contributed by atoms with van der Waals surface area (Å²) in [5.74, 6) is 0. The molecule has 1 aromatic carbocycles. The number of thioether (sulfide) groups is 1. The van der Waals surface area contributed by atoms with Crippen LogP contribution in [0.1, 0.15) is 5.69 Å². The number of para-hydroxylation sites is 1. The zero-order valence-corrected chi connectivity index (χ0v) is 12.8. The van der Waals surface area contributed by atoms with Gasteiger partial charge in [0.15, 0.2) is 9.34 Å². The number of rotatable bonds is 4. The Balaban J connectivity index is 2.39. The topological polar surface area (TPSA) is 85.1 Å². The maximum atomic E-state index is 12.3. The van der Waals surface area contributed by atoms with Crippen LogP contribution in [0.3, 0.4) is 0 Å². The molecule has 19 heavy (non-hydrogen) atoms. The van der Waals surface area contributed by atoms with Crippen LogP contribution >= 0.6 is 23.1 Å². The second kappa shape index (κ2) is 5.40. The molecule has 0 amide bonds. The van der Waals surface area contributed by atoms with Crippen molar-refractivity contribution in [2.24, 2.45) is 0 Å². The molecule has 0 aliphatic rings. The van der Waals surface area contributed by atoms with Crippen molar-refractivity contribution in [3.8, 4) is 0 Å². The number of hydrogen-bond donors (Lipinski definition) is 2. The average Bonchev–Trinajstić information content (AvgIpc) is 2.69. The summed E-state index contributed by atoms with van der Waals surface area (Å²) in [4.78, 5) is 4.80. The summed E-state index contributed by atoms with van der Waals surface area (Å²) >= 11 is 2.44. The van der Waals surface area contributed by atoms with Crippen LogP contribution < -0.4 is 10.5 Å². The van der Waals surface area contributed by atoms with Crippen molar-refractivity contribution in [3.63, 3.8) is 0 Å². The van der Waals surface area contributed by atoms with E-state index in [9.17, 15) is 8.42 Å². The fraction of sp³-hybridized carbons (Fsp3) is 0.182. The number of aryl methyl sites for hydroxylation is 1. The Labute approximate surface area is 120 Å². The summed E-state index contributed by atoms with van der Waals surface area (Å²) in [6.07, 6.45) is 1.89. The molecule has 2 aromatic rings. The number of nitrogens with zero attached hydrogens (tertiary/aromatic N) is 1. The van der Waals surface area contributed by atoms with Crippen molar-refractivity contribution >= 4 is 43.9 Å². The summed E-state index contributed by atoms with van der Waals surface area (Å²) < 4.78 is 27.3. The van der Waals surface area contributed by atoms with Gasteiger partial charge in [-0.3, -0.25) is 4.72 Å². The lowest BCUT2D eigenvalue weighted by Crippen LogP contribution is -2.13. The van der Waals surface area contributed by atoms with E-state index in [1.807, 2.05) is 18.4 Å². The number of sulfonamides is 1. The second-order valence-corrected chi connectivity index (χ2v) is 7.49. The molecule has 1 heterocycles. The van der Waals surface area contributed by atoms with Crippen molar-refractivity contribution in [2.75, 3.05) is 16.7 Å². The van der Waals surface area contributed by atoms with Gasteiger partial charge in [0.2, 0.25) is 0 Å². The first-order valence-electron chi connectivity index (χ1n) is 5.33. The standard InChI is InChI=1S/C11H13N3O2S3/c1-7-10(18-11(12)13-7)19(15,16)14-8-5-3-4-6-9(8)17-2/h3-6,14H,1-2H3,(H2,12,13). The number of benzene rings is 1. The molecule has 0 fully saturated rings. The molecule has 0 aliphatic carbocycles. The quantitative estimate of drug-likeness (QED) is 0.847. The molecule has 1 aromatic heterocycles. The SMILES string of the molecule is CSc1ccccc1NS(=O)(=O)c1sc(N)nc1C. The average molecular weight is 315 g/mol. The van der Waals surface area contributed by atoms with Gasteiger partial charge in [0.1, 0.15) is 0 Å². The number of nitrogen functional groups attached to an aromatic ring is 1. The highest BCUT2D eigenvalue weighted by Crippen LogP contribution is 2.30. The summed E-state index contributed by atoms with van der Waals surface area (Å²) in [5.41, 5.74) is 6.51. The van der Waals surface area contributed by atoms with E-state index < -0.39 is 10.0 Å². The van der Waals surface area contributed by atoms with Gasteiger partial charge in [0.05, 0.1) is 11.4 Å². The van der Waals surface area contributed by atoms with Gasteiger partial charge in [0.25, 0.3) is 10.0 Å². The van der Waals surface area contributed by atoms with Crippen molar-refractivity contribution in [3.05, 3.63) is 30.0 Å². The second-order valence-electron chi connectivity index (χ2n) is 3.73. The minimum atomic E-state index is -3.64. The van der Waals surface area contributed by atoms with Gasteiger partial charge in [-0.05, 0) is 25.3 Å². The molecule has 0 spiro atoms. The van der Waals surface area contributed by atoms with Gasteiger partial charge in [-0.15, -0.1) is 11.8 Å². The molecule has 0 aliphatic heterocycles. The molecule has 5 nitrogen and oxygen atoms in total. The zero-order valence-electron chi connectivity index (χ0n) is 10.4. The number of anilines is 2. The van der Waals surface area contributed by atoms with Crippen LogP contribution in [-0.4, -0.2) is 19.7 Å². The predicted octanol–water partition coefficient (Wildman–Crippen LogP) is 2.56. The minimum Gasteiger partial charge on any atom is -0.375 e. The van der Waals surface area contributed by atoms with E-state index in [0.717, 1.165) is 16.2 Å². The molecule has 0 saturated heterocycles. The van der Waals surface area contributed by atoms with Crippen molar-refractivity contribution in [2.45, 2.75) is 16.0 Å². The van der Waals surface area contributed by atoms with E-state index in [0.29, 0.717) is 11.4 Å². The number of nitrogens with one attached hydrogen (secondary N) is 1. The minimum absolute atomic E-state index is 0.154. The molecule has 0 atom stereocenters. The summed E-state index contributed by atoms with van der Waals surface area (Å²) in [6.45, 7) is 1.63. The van der Waals surface area contributed by atoms with E-state index in [2.05, 4.69) is 9.71 Å². The Morgan fingerprint density at radius 1 is 1.37 bits per heavy atom. The lowest BCUT2D eigenvalue weighted by molar-refractivity contribution is 0.602. The summed E-state index contributed by atoms with van der Waals surface area (Å²) in [7, 11) is -3.64. The zero-order chi connectivity index (χ0) is 14.0. The summed E-state index contributed by atoms with van der Waals surface area (Å²) in [5, 5.41) is 0.246. The Morgan fingerprint density at radius 2 is 2.05 bits per heavy atom. The lowest BCUT2D eigenvalue weighted by atomic mass is 10.3. The van der Waals surface area contributed by atoms with Gasteiger partial charge >= 0.3 is 0 Å². The van der Waals surface area contributed by atoms with Gasteiger partial charge in [0, 0.05) is 4.90 Å². The van der Waals surface area contributed by atoms with E-state index in [-0.39, 0.29) is 9.34 Å². The fourth-order valence-electron chi connectivity index (χ4n) is 1.57. The molecule has 8 heteroatoms. The van der Waals surface area contributed by atoms with E-state index in [4.69, 9.17) is 5.73 Å². The molecular formula is C11H13N3O2S3. The first kappa shape index (κ1) is 14.2. The van der Waals surface area contributed by atoms with E-state index in [1.165, 1.54) is 11.8 Å². The van der Waals surface area contributed by atoms with E-state index >= 15 is 0 Å². The number of aromatic nitrogens is 1. The lowest BCUT2D eigenvalue weighted by Gasteiger charge is -2.10. The predicted molar refractivity (Wildman–Crippen MR) is 80.3 cm³/mol. The highest BCUT2D eigenvalue weighted by atomic mass is 32.2. The van der Waals surface area contributed by atoms with Crippen LogP contribution in [0.25, 0.3) is 0 Å². The molecule has 102 valence electrons. The maximum Gasteiger partial charge on any atom is 0.273 e. The first-order chi connectivity index (χ1) is 8.94. The van der Waals surface area contributed by atoms with Gasteiger partial charge in [-0.1, -0.05) is 23.5 Å². The highest BCUT2D eigenvalue weighted by Gasteiger charge is 2.22. The van der Waals surface area contributed by atoms with Gasteiger partial charge in [-0.2, -0.15) is 0 Å². The van der Waals surface area contributed by atoms with Gasteiger partial charge < -0.3 is 5.73 Å². The molecule has 0 radical (unpaired) electrons. The smallest absolute Gasteiger partial charge is 0.273 e. The highest BCUT2D eigenvalue weighted by molar-refractivity contribution is 7.99. The largest absolute Gasteiger partial charge is 0.375 e. The third kappa shape index (κ3) is 3.02. The Hall–Kier alpha value is -1.25. The van der Waals surface area contributed by atoms with Gasteiger partial charge in [-0.25, -0.2) is 13.4 Å². The molecule has 0 unspecified atom stereocenters. The third-order valence-corrected chi connectivity index (χ3v) is 6.12. The van der Waals surface area contributed by atoms with Crippen molar-refractivity contribution < 1.29 is 8.42 Å². The third-order valence-electron chi connectivity index (χ3n) is 2.37. The van der Waals surface area contributed by atoms with Crippen LogP contribution in [0.5, 0.6) is 0 Å². The normalized spacial score (nSPS) is 11.5. The Kier molecular flexibility index (Phi) is 4.02. The molecular weight excluding hydrogens is 302 g/mol. The summed E-state index contributed by atoms with van der Waals surface area (Å²) in [6, 6.07) is 7.23. The van der Waals surface area contributed by atoms with Crippen LogP contribution in [0.4, 0.5) is 10.8 Å². The van der Waals surface area contributed by atoms with E-state index in [1.54, 1.807) is 19.1 Å². The molecule has 3 N–H and O–H groups in total. The first-order valence-corrected chi connectivity index (χ1v) is 8.85. The molecule has 0 bridgehead atoms. The number of hydrogen-bond acceptors (Lipinski definition) is 6. The van der Waals surface area contributed by atoms with Crippen LogP contribution in [0.2, 0.25) is 0 Å². The van der Waals surface area contributed by atoms with Crippen LogP contribution in [0, 0.1) is 6.92 Å². The number of thiazole rings is 1. The fourth-order valence-corrected chi connectivity index (χ4v) is 4.57. The monoisotopic (exact) mass is 315 g/mol. The van der Waals surface area contributed by atoms with Crippen molar-refractivity contribution in [1.82, 2.24) is 4.98 Å². The van der Waals surface area contributed by atoms with Crippen LogP contribution in [-0.2, 0) is 10.0 Å². The molecule has 0 saturated carbocycles. The number of nitrogens with two attached hydrogens (primary N) is 1. The van der Waals surface area contributed by atoms with Crippen molar-refractivity contribution in [1.29, 1.82) is 0 Å².